The van der Waals surface area contributed by atoms with Crippen molar-refractivity contribution in [1.82, 2.24) is 0 Å². The van der Waals surface area contributed by atoms with Crippen LogP contribution in [0.5, 0.6) is 5.75 Å². The van der Waals surface area contributed by atoms with Crippen LogP contribution in [0.4, 0.5) is 0 Å². The molecule has 106 valence electrons. The summed E-state index contributed by atoms with van der Waals surface area (Å²) in [6, 6.07) is 8.21. The normalized spacial score (nSPS) is 17.6. The molecule has 1 aromatic carbocycles. The van der Waals surface area contributed by atoms with E-state index in [1.165, 1.54) is 5.56 Å². The van der Waals surface area contributed by atoms with E-state index in [1.54, 1.807) is 6.26 Å². The molecule has 0 N–H and O–H groups in total. The number of halogens is 1. The predicted molar refractivity (Wildman–Crippen MR) is 80.7 cm³/mol. The van der Waals surface area contributed by atoms with E-state index in [-0.39, 0.29) is 10.8 Å². The number of alkyl halides is 1. The highest BCUT2D eigenvalue weighted by molar-refractivity contribution is 6.22. The molecular weight excluding hydrogens is 272 g/mol. The molecule has 1 aromatic heterocycles. The maximum Gasteiger partial charge on any atom is 0.123 e. The summed E-state index contributed by atoms with van der Waals surface area (Å²) >= 11 is 6.65. The molecule has 1 unspecified atom stereocenters. The van der Waals surface area contributed by atoms with Crippen molar-refractivity contribution in [3.05, 3.63) is 53.0 Å². The van der Waals surface area contributed by atoms with E-state index >= 15 is 0 Å². The molecule has 2 nitrogen and oxygen atoms in total. The largest absolute Gasteiger partial charge is 0.492 e. The van der Waals surface area contributed by atoms with Crippen LogP contribution in [0.2, 0.25) is 0 Å². The highest BCUT2D eigenvalue weighted by Crippen LogP contribution is 2.41. The second-order valence-electron chi connectivity index (χ2n) is 5.94. The maximum atomic E-state index is 6.65. The molecule has 2 heterocycles. The topological polar surface area (TPSA) is 22.4 Å². The summed E-state index contributed by atoms with van der Waals surface area (Å²) in [4.78, 5) is 0. The number of ether oxygens (including phenoxy) is 1. The summed E-state index contributed by atoms with van der Waals surface area (Å²) in [6.45, 7) is 7.19. The fourth-order valence-electron chi connectivity index (χ4n) is 2.74. The molecule has 0 aliphatic carbocycles. The molecule has 3 heteroatoms. The van der Waals surface area contributed by atoms with Crippen LogP contribution in [-0.4, -0.2) is 6.61 Å². The smallest absolute Gasteiger partial charge is 0.123 e. The Labute approximate surface area is 124 Å². The van der Waals surface area contributed by atoms with Crippen molar-refractivity contribution < 1.29 is 9.15 Å². The number of hydrogen-bond acceptors (Lipinski definition) is 2. The van der Waals surface area contributed by atoms with E-state index in [2.05, 4.69) is 26.8 Å². The van der Waals surface area contributed by atoms with E-state index in [0.29, 0.717) is 0 Å². The second-order valence-corrected chi connectivity index (χ2v) is 6.38. The van der Waals surface area contributed by atoms with Crippen molar-refractivity contribution in [2.24, 2.45) is 0 Å². The number of fused-ring (bicyclic) bond motifs is 1. The van der Waals surface area contributed by atoms with Gasteiger partial charge in [0, 0.05) is 23.0 Å². The van der Waals surface area contributed by atoms with Crippen molar-refractivity contribution in [2.45, 2.75) is 38.0 Å². The van der Waals surface area contributed by atoms with Gasteiger partial charge >= 0.3 is 0 Å². The minimum absolute atomic E-state index is 0.0476. The van der Waals surface area contributed by atoms with E-state index in [4.69, 9.17) is 20.8 Å². The third kappa shape index (κ3) is 2.12. The predicted octanol–water partition coefficient (Wildman–Crippen LogP) is 4.84. The number of furan rings is 1. The average Bonchev–Trinajstić information content (AvgIpc) is 3.03. The molecule has 1 atom stereocenters. The van der Waals surface area contributed by atoms with E-state index < -0.39 is 0 Å². The zero-order chi connectivity index (χ0) is 14.3. The minimum Gasteiger partial charge on any atom is -0.492 e. The zero-order valence-corrected chi connectivity index (χ0v) is 12.8. The Morgan fingerprint density at radius 3 is 2.85 bits per heavy atom. The molecule has 0 bridgehead atoms. The Balaban J connectivity index is 2.00. The fraction of sp³-hybridized carbons (Fsp3) is 0.412. The van der Waals surface area contributed by atoms with Gasteiger partial charge in [0.2, 0.25) is 0 Å². The first kappa shape index (κ1) is 13.6. The Kier molecular flexibility index (Phi) is 3.29. The molecule has 0 radical (unpaired) electrons. The van der Waals surface area contributed by atoms with Gasteiger partial charge in [0.15, 0.2) is 0 Å². The van der Waals surface area contributed by atoms with Crippen molar-refractivity contribution in [3.8, 4) is 5.75 Å². The lowest BCUT2D eigenvalue weighted by molar-refractivity contribution is 0.291. The van der Waals surface area contributed by atoms with Gasteiger partial charge in [-0.25, -0.2) is 0 Å². The van der Waals surface area contributed by atoms with Gasteiger partial charge in [0.25, 0.3) is 0 Å². The van der Waals surface area contributed by atoms with E-state index in [1.807, 2.05) is 18.2 Å². The van der Waals surface area contributed by atoms with Gasteiger partial charge in [-0.15, -0.1) is 11.6 Å². The average molecular weight is 291 g/mol. The number of aryl methyl sites for hydroxylation is 1. The van der Waals surface area contributed by atoms with Crippen molar-refractivity contribution in [2.75, 3.05) is 6.61 Å². The van der Waals surface area contributed by atoms with Crippen molar-refractivity contribution in [1.29, 1.82) is 0 Å². The standard InChI is InChI=1S/C17H19ClO2/c1-4-14-12(7-8-19-14)16(18)11-5-6-15-13(9-11)17(2,3)10-20-15/h5-9,16H,4,10H2,1-3H3. The van der Waals surface area contributed by atoms with Crippen LogP contribution in [0.3, 0.4) is 0 Å². The molecular formula is C17H19ClO2. The van der Waals surface area contributed by atoms with Crippen molar-refractivity contribution in [3.63, 3.8) is 0 Å². The molecule has 20 heavy (non-hydrogen) atoms. The fourth-order valence-corrected chi connectivity index (χ4v) is 3.07. The second kappa shape index (κ2) is 4.85. The van der Waals surface area contributed by atoms with Gasteiger partial charge in [-0.1, -0.05) is 26.8 Å². The van der Waals surface area contributed by atoms with Crippen LogP contribution in [0.15, 0.2) is 34.9 Å². The summed E-state index contributed by atoms with van der Waals surface area (Å²) in [5.41, 5.74) is 3.44. The van der Waals surface area contributed by atoms with Crippen LogP contribution >= 0.6 is 11.6 Å². The quantitative estimate of drug-likeness (QED) is 0.755. The summed E-state index contributed by atoms with van der Waals surface area (Å²) in [5.74, 6) is 1.94. The van der Waals surface area contributed by atoms with Crippen LogP contribution < -0.4 is 4.74 Å². The third-order valence-corrected chi connectivity index (χ3v) is 4.48. The van der Waals surface area contributed by atoms with Crippen LogP contribution in [0, 0.1) is 0 Å². The lowest BCUT2D eigenvalue weighted by Gasteiger charge is -2.17. The Bertz CT molecular complexity index is 628. The molecule has 3 rings (SSSR count). The summed E-state index contributed by atoms with van der Waals surface area (Å²) in [5, 5.41) is -0.176. The third-order valence-electron chi connectivity index (χ3n) is 3.99. The summed E-state index contributed by atoms with van der Waals surface area (Å²) in [6.07, 6.45) is 2.56. The Morgan fingerprint density at radius 2 is 2.10 bits per heavy atom. The van der Waals surface area contributed by atoms with E-state index in [0.717, 1.165) is 35.7 Å². The van der Waals surface area contributed by atoms with Gasteiger partial charge in [0.1, 0.15) is 11.5 Å². The molecule has 2 aromatic rings. The van der Waals surface area contributed by atoms with Gasteiger partial charge in [-0.05, 0) is 23.8 Å². The number of benzene rings is 1. The molecule has 1 aliphatic rings. The van der Waals surface area contributed by atoms with Crippen LogP contribution in [0.25, 0.3) is 0 Å². The highest BCUT2D eigenvalue weighted by atomic mass is 35.5. The molecule has 0 saturated heterocycles. The molecule has 0 amide bonds. The lowest BCUT2D eigenvalue weighted by Crippen LogP contribution is -2.18. The molecule has 1 aliphatic heterocycles. The minimum atomic E-state index is -0.176. The lowest BCUT2D eigenvalue weighted by atomic mass is 9.85. The Hall–Kier alpha value is -1.41. The van der Waals surface area contributed by atoms with E-state index in [9.17, 15) is 0 Å². The zero-order valence-electron chi connectivity index (χ0n) is 12.1. The van der Waals surface area contributed by atoms with Crippen molar-refractivity contribution >= 4 is 11.6 Å². The SMILES string of the molecule is CCc1occc1C(Cl)c1ccc2c(c1)C(C)(C)CO2. The number of hydrogen-bond donors (Lipinski definition) is 0. The van der Waals surface area contributed by atoms with Gasteiger partial charge in [0.05, 0.1) is 18.2 Å². The van der Waals surface area contributed by atoms with Crippen LogP contribution in [0.1, 0.15) is 48.6 Å². The van der Waals surface area contributed by atoms with Gasteiger partial charge in [-0.2, -0.15) is 0 Å². The number of rotatable bonds is 3. The first-order valence-corrected chi connectivity index (χ1v) is 7.44. The monoisotopic (exact) mass is 290 g/mol. The first-order valence-electron chi connectivity index (χ1n) is 7.00. The van der Waals surface area contributed by atoms with Gasteiger partial charge in [-0.3, -0.25) is 0 Å². The summed E-state index contributed by atoms with van der Waals surface area (Å²) < 4.78 is 11.2. The maximum absolute atomic E-state index is 6.65. The first-order chi connectivity index (χ1) is 9.53. The van der Waals surface area contributed by atoms with Crippen LogP contribution in [-0.2, 0) is 11.8 Å². The Morgan fingerprint density at radius 1 is 1.30 bits per heavy atom. The van der Waals surface area contributed by atoms with Gasteiger partial charge < -0.3 is 9.15 Å². The molecule has 0 spiro atoms. The summed E-state index contributed by atoms with van der Waals surface area (Å²) in [7, 11) is 0. The molecule has 0 fully saturated rings. The highest BCUT2D eigenvalue weighted by Gasteiger charge is 2.32. The molecule has 0 saturated carbocycles.